The van der Waals surface area contributed by atoms with Crippen LogP contribution in [0.4, 0.5) is 0 Å². The summed E-state index contributed by atoms with van der Waals surface area (Å²) in [5.74, 6) is 0.741. The number of hydrogen-bond donors (Lipinski definition) is 1. The summed E-state index contributed by atoms with van der Waals surface area (Å²) >= 11 is 3.28. The SMILES string of the molecule is NCCOc1cncc(Br)c1. The minimum Gasteiger partial charge on any atom is -0.491 e. The molecule has 1 rings (SSSR count). The third-order valence-corrected chi connectivity index (χ3v) is 1.50. The topological polar surface area (TPSA) is 48.1 Å². The first-order valence-corrected chi connectivity index (χ1v) is 4.05. The van der Waals surface area contributed by atoms with Crippen molar-refractivity contribution in [3.05, 3.63) is 22.9 Å². The third kappa shape index (κ3) is 2.86. The van der Waals surface area contributed by atoms with Crippen molar-refractivity contribution in [1.29, 1.82) is 0 Å². The Morgan fingerprint density at radius 3 is 3.00 bits per heavy atom. The summed E-state index contributed by atoms with van der Waals surface area (Å²) in [6, 6.07) is 1.85. The number of aromatic nitrogens is 1. The second kappa shape index (κ2) is 4.31. The molecule has 0 amide bonds. The second-order valence-corrected chi connectivity index (χ2v) is 2.89. The number of nitrogens with zero attached hydrogens (tertiary/aromatic N) is 1. The van der Waals surface area contributed by atoms with Crippen molar-refractivity contribution in [2.75, 3.05) is 13.2 Å². The summed E-state index contributed by atoms with van der Waals surface area (Å²) in [6.45, 7) is 1.05. The zero-order valence-corrected chi connectivity index (χ0v) is 7.54. The Balaban J connectivity index is 2.56. The molecule has 3 nitrogen and oxygen atoms in total. The van der Waals surface area contributed by atoms with Crippen molar-refractivity contribution in [1.82, 2.24) is 4.98 Å². The van der Waals surface area contributed by atoms with E-state index in [4.69, 9.17) is 10.5 Å². The molecule has 0 fully saturated rings. The minimum atomic E-state index is 0.520. The van der Waals surface area contributed by atoms with E-state index in [0.29, 0.717) is 13.2 Å². The van der Waals surface area contributed by atoms with Gasteiger partial charge in [-0.05, 0) is 22.0 Å². The Kier molecular flexibility index (Phi) is 3.32. The van der Waals surface area contributed by atoms with Gasteiger partial charge in [-0.3, -0.25) is 4.98 Å². The quantitative estimate of drug-likeness (QED) is 0.826. The molecule has 0 unspecified atom stereocenters. The van der Waals surface area contributed by atoms with Crippen LogP contribution < -0.4 is 10.5 Å². The lowest BCUT2D eigenvalue weighted by atomic mass is 10.5. The largest absolute Gasteiger partial charge is 0.491 e. The molecule has 0 spiro atoms. The maximum atomic E-state index is 5.26. The second-order valence-electron chi connectivity index (χ2n) is 1.98. The fourth-order valence-electron chi connectivity index (χ4n) is 0.648. The highest BCUT2D eigenvalue weighted by molar-refractivity contribution is 9.10. The number of nitrogens with two attached hydrogens (primary N) is 1. The highest BCUT2D eigenvalue weighted by Crippen LogP contribution is 2.15. The zero-order valence-electron chi connectivity index (χ0n) is 5.96. The average molecular weight is 217 g/mol. The van der Waals surface area contributed by atoms with Crippen molar-refractivity contribution >= 4 is 15.9 Å². The maximum absolute atomic E-state index is 5.26. The Bertz CT molecular complexity index is 229. The fourth-order valence-corrected chi connectivity index (χ4v) is 0.992. The van der Waals surface area contributed by atoms with Crippen LogP contribution >= 0.6 is 15.9 Å². The predicted octanol–water partition coefficient (Wildman–Crippen LogP) is 1.18. The van der Waals surface area contributed by atoms with Gasteiger partial charge in [0.2, 0.25) is 0 Å². The molecule has 11 heavy (non-hydrogen) atoms. The molecule has 2 N–H and O–H groups in total. The van der Waals surface area contributed by atoms with E-state index < -0.39 is 0 Å². The van der Waals surface area contributed by atoms with E-state index >= 15 is 0 Å². The van der Waals surface area contributed by atoms with Gasteiger partial charge >= 0.3 is 0 Å². The minimum absolute atomic E-state index is 0.520. The number of ether oxygens (including phenoxy) is 1. The normalized spacial score (nSPS) is 9.64. The number of rotatable bonds is 3. The van der Waals surface area contributed by atoms with E-state index in [-0.39, 0.29) is 0 Å². The van der Waals surface area contributed by atoms with Gasteiger partial charge in [0.1, 0.15) is 12.4 Å². The molecule has 0 atom stereocenters. The van der Waals surface area contributed by atoms with E-state index in [2.05, 4.69) is 20.9 Å². The van der Waals surface area contributed by atoms with Crippen LogP contribution in [0.5, 0.6) is 5.75 Å². The molecule has 0 aliphatic heterocycles. The zero-order chi connectivity index (χ0) is 8.10. The molecule has 1 aromatic heterocycles. The first-order chi connectivity index (χ1) is 5.33. The van der Waals surface area contributed by atoms with Gasteiger partial charge in [0, 0.05) is 17.2 Å². The Morgan fingerprint density at radius 2 is 2.36 bits per heavy atom. The van der Waals surface area contributed by atoms with Gasteiger partial charge in [-0.2, -0.15) is 0 Å². The summed E-state index contributed by atoms with van der Waals surface area (Å²) in [7, 11) is 0. The van der Waals surface area contributed by atoms with Crippen LogP contribution in [-0.4, -0.2) is 18.1 Å². The molecule has 1 heterocycles. The van der Waals surface area contributed by atoms with Crippen molar-refractivity contribution in [3.8, 4) is 5.75 Å². The van der Waals surface area contributed by atoms with E-state index in [1.54, 1.807) is 12.4 Å². The predicted molar refractivity (Wildman–Crippen MR) is 46.5 cm³/mol. The molecular weight excluding hydrogens is 208 g/mol. The summed E-state index contributed by atoms with van der Waals surface area (Å²) < 4.78 is 6.13. The molecule has 0 aliphatic carbocycles. The van der Waals surface area contributed by atoms with Gasteiger partial charge in [-0.25, -0.2) is 0 Å². The standard InChI is InChI=1S/C7H9BrN2O/c8-6-3-7(5-10-4-6)11-2-1-9/h3-5H,1-2,9H2. The van der Waals surface area contributed by atoms with Gasteiger partial charge in [-0.15, -0.1) is 0 Å². The van der Waals surface area contributed by atoms with Gasteiger partial charge in [-0.1, -0.05) is 0 Å². The lowest BCUT2D eigenvalue weighted by molar-refractivity contribution is 0.327. The Hall–Kier alpha value is -0.610. The van der Waals surface area contributed by atoms with Crippen molar-refractivity contribution in [3.63, 3.8) is 0 Å². The van der Waals surface area contributed by atoms with Gasteiger partial charge < -0.3 is 10.5 Å². The first kappa shape index (κ1) is 8.49. The molecule has 0 saturated heterocycles. The van der Waals surface area contributed by atoms with E-state index in [9.17, 15) is 0 Å². The fraction of sp³-hybridized carbons (Fsp3) is 0.286. The summed E-state index contributed by atoms with van der Waals surface area (Å²) in [4.78, 5) is 3.92. The summed E-state index contributed by atoms with van der Waals surface area (Å²) in [6.07, 6.45) is 3.36. The number of pyridine rings is 1. The molecule has 0 aliphatic rings. The molecule has 60 valence electrons. The van der Waals surface area contributed by atoms with Gasteiger partial charge in [0.05, 0.1) is 6.20 Å². The average Bonchev–Trinajstić information content (AvgIpc) is 2.01. The van der Waals surface area contributed by atoms with Gasteiger partial charge in [0.25, 0.3) is 0 Å². The summed E-state index contributed by atoms with van der Waals surface area (Å²) in [5.41, 5.74) is 5.26. The molecule has 0 bridgehead atoms. The smallest absolute Gasteiger partial charge is 0.138 e. The van der Waals surface area contributed by atoms with Crippen molar-refractivity contribution in [2.24, 2.45) is 5.73 Å². The highest BCUT2D eigenvalue weighted by Gasteiger charge is 1.92. The van der Waals surface area contributed by atoms with Crippen LogP contribution in [0.25, 0.3) is 0 Å². The van der Waals surface area contributed by atoms with Crippen molar-refractivity contribution < 1.29 is 4.74 Å². The highest BCUT2D eigenvalue weighted by atomic mass is 79.9. The third-order valence-electron chi connectivity index (χ3n) is 1.07. The monoisotopic (exact) mass is 216 g/mol. The van der Waals surface area contributed by atoms with Gasteiger partial charge in [0.15, 0.2) is 0 Å². The van der Waals surface area contributed by atoms with E-state index in [0.717, 1.165) is 10.2 Å². The number of hydrogen-bond acceptors (Lipinski definition) is 3. The molecule has 4 heteroatoms. The van der Waals surface area contributed by atoms with Crippen LogP contribution in [0.3, 0.4) is 0 Å². The van der Waals surface area contributed by atoms with Crippen LogP contribution in [-0.2, 0) is 0 Å². The van der Waals surface area contributed by atoms with E-state index in [1.807, 2.05) is 6.07 Å². The van der Waals surface area contributed by atoms with Crippen LogP contribution in [0.2, 0.25) is 0 Å². The van der Waals surface area contributed by atoms with Crippen LogP contribution in [0.1, 0.15) is 0 Å². The van der Waals surface area contributed by atoms with Crippen molar-refractivity contribution in [2.45, 2.75) is 0 Å². The lowest BCUT2D eigenvalue weighted by Gasteiger charge is -2.02. The summed E-state index contributed by atoms with van der Waals surface area (Å²) in [5, 5.41) is 0. The molecule has 0 saturated carbocycles. The Labute approximate surface area is 73.7 Å². The maximum Gasteiger partial charge on any atom is 0.138 e. The van der Waals surface area contributed by atoms with Crippen LogP contribution in [0, 0.1) is 0 Å². The molecule has 0 radical (unpaired) electrons. The molecular formula is C7H9BrN2O. The Morgan fingerprint density at radius 1 is 1.55 bits per heavy atom. The van der Waals surface area contributed by atoms with Crippen LogP contribution in [0.15, 0.2) is 22.9 Å². The first-order valence-electron chi connectivity index (χ1n) is 3.26. The lowest BCUT2D eigenvalue weighted by Crippen LogP contribution is -2.10. The van der Waals surface area contributed by atoms with E-state index in [1.165, 1.54) is 0 Å². The molecule has 1 aromatic rings. The molecule has 0 aromatic carbocycles. The number of halogens is 1.